The Morgan fingerprint density at radius 3 is 2.80 bits per heavy atom. The van der Waals surface area contributed by atoms with Crippen molar-refractivity contribution < 1.29 is 0 Å². The maximum absolute atomic E-state index is 5.79. The van der Waals surface area contributed by atoms with Gasteiger partial charge in [-0.25, -0.2) is 4.98 Å². The third-order valence-corrected chi connectivity index (χ3v) is 2.78. The lowest BCUT2D eigenvalue weighted by Gasteiger charge is -2.22. The standard InChI is InChI=1S/C11H22N4/c1-4-9(3)14-10(6-12)11-7-13-8-15(11)5-2/h7-10,14H,4-6,12H2,1-3H3. The van der Waals surface area contributed by atoms with Crippen LogP contribution in [0.1, 0.15) is 38.9 Å². The Morgan fingerprint density at radius 2 is 2.27 bits per heavy atom. The molecule has 0 amide bonds. The minimum Gasteiger partial charge on any atom is -0.333 e. The van der Waals surface area contributed by atoms with Crippen LogP contribution in [0.15, 0.2) is 12.5 Å². The average molecular weight is 210 g/mol. The first-order valence-electron chi connectivity index (χ1n) is 5.69. The van der Waals surface area contributed by atoms with Crippen molar-refractivity contribution in [2.24, 2.45) is 5.73 Å². The summed E-state index contributed by atoms with van der Waals surface area (Å²) in [6, 6.07) is 0.696. The highest BCUT2D eigenvalue weighted by molar-refractivity contribution is 5.06. The maximum Gasteiger partial charge on any atom is 0.0948 e. The van der Waals surface area contributed by atoms with Crippen LogP contribution in [-0.4, -0.2) is 22.1 Å². The molecule has 4 heteroatoms. The summed E-state index contributed by atoms with van der Waals surface area (Å²) < 4.78 is 2.13. The summed E-state index contributed by atoms with van der Waals surface area (Å²) in [4.78, 5) is 4.16. The lowest BCUT2D eigenvalue weighted by molar-refractivity contribution is 0.433. The number of hydrogen-bond acceptors (Lipinski definition) is 3. The van der Waals surface area contributed by atoms with Crippen molar-refractivity contribution >= 4 is 0 Å². The van der Waals surface area contributed by atoms with Gasteiger partial charge < -0.3 is 15.6 Å². The molecule has 4 nitrogen and oxygen atoms in total. The molecule has 1 aromatic rings. The summed E-state index contributed by atoms with van der Waals surface area (Å²) in [5.74, 6) is 0. The zero-order chi connectivity index (χ0) is 11.3. The van der Waals surface area contributed by atoms with Crippen LogP contribution >= 0.6 is 0 Å². The Labute approximate surface area is 91.9 Å². The minimum absolute atomic E-state index is 0.211. The van der Waals surface area contributed by atoms with Gasteiger partial charge in [0.15, 0.2) is 0 Å². The van der Waals surface area contributed by atoms with Gasteiger partial charge in [0.25, 0.3) is 0 Å². The predicted molar refractivity (Wildman–Crippen MR) is 62.6 cm³/mol. The molecule has 2 atom stereocenters. The van der Waals surface area contributed by atoms with E-state index < -0.39 is 0 Å². The lowest BCUT2D eigenvalue weighted by Crippen LogP contribution is -2.35. The van der Waals surface area contributed by atoms with Crippen molar-refractivity contribution in [1.29, 1.82) is 0 Å². The normalized spacial score (nSPS) is 15.2. The number of nitrogens with two attached hydrogens (primary N) is 1. The molecule has 0 aromatic carbocycles. The Morgan fingerprint density at radius 1 is 1.53 bits per heavy atom. The van der Waals surface area contributed by atoms with Crippen molar-refractivity contribution in [3.05, 3.63) is 18.2 Å². The monoisotopic (exact) mass is 210 g/mol. The van der Waals surface area contributed by atoms with E-state index in [1.807, 2.05) is 12.5 Å². The minimum atomic E-state index is 0.211. The van der Waals surface area contributed by atoms with Gasteiger partial charge in [-0.15, -0.1) is 0 Å². The summed E-state index contributed by atoms with van der Waals surface area (Å²) in [7, 11) is 0. The smallest absolute Gasteiger partial charge is 0.0948 e. The Bertz CT molecular complexity index is 282. The molecule has 0 aliphatic heterocycles. The Kier molecular flexibility index (Phi) is 4.78. The van der Waals surface area contributed by atoms with Gasteiger partial charge in [-0.2, -0.15) is 0 Å². The average Bonchev–Trinajstić information content (AvgIpc) is 2.73. The highest BCUT2D eigenvalue weighted by Crippen LogP contribution is 2.12. The molecule has 0 aliphatic carbocycles. The first-order valence-corrected chi connectivity index (χ1v) is 5.69. The Balaban J connectivity index is 2.73. The number of nitrogens with one attached hydrogen (secondary N) is 1. The fourth-order valence-electron chi connectivity index (χ4n) is 1.62. The van der Waals surface area contributed by atoms with Crippen LogP contribution < -0.4 is 11.1 Å². The highest BCUT2D eigenvalue weighted by Gasteiger charge is 2.15. The summed E-state index contributed by atoms with van der Waals surface area (Å²) in [6.07, 6.45) is 4.86. The first kappa shape index (κ1) is 12.2. The molecule has 86 valence electrons. The number of rotatable bonds is 6. The SMILES string of the molecule is CCC(C)NC(CN)c1cncn1CC. The van der Waals surface area contributed by atoms with Gasteiger partial charge in [-0.3, -0.25) is 0 Å². The Hall–Kier alpha value is -0.870. The van der Waals surface area contributed by atoms with Crippen LogP contribution in [0.2, 0.25) is 0 Å². The second-order valence-electron chi connectivity index (χ2n) is 3.87. The van der Waals surface area contributed by atoms with Crippen LogP contribution in [0.5, 0.6) is 0 Å². The first-order chi connectivity index (χ1) is 7.22. The maximum atomic E-state index is 5.79. The van der Waals surface area contributed by atoms with E-state index in [0.717, 1.165) is 13.0 Å². The van der Waals surface area contributed by atoms with Gasteiger partial charge in [-0.1, -0.05) is 6.92 Å². The summed E-state index contributed by atoms with van der Waals surface area (Å²) >= 11 is 0. The van der Waals surface area contributed by atoms with Crippen molar-refractivity contribution in [2.75, 3.05) is 6.54 Å². The van der Waals surface area contributed by atoms with Crippen molar-refractivity contribution in [3.8, 4) is 0 Å². The van der Waals surface area contributed by atoms with Crippen molar-refractivity contribution in [1.82, 2.24) is 14.9 Å². The van der Waals surface area contributed by atoms with Crippen molar-refractivity contribution in [3.63, 3.8) is 0 Å². The zero-order valence-corrected chi connectivity index (χ0v) is 9.90. The van der Waals surface area contributed by atoms with Crippen LogP contribution in [0.3, 0.4) is 0 Å². The molecule has 0 saturated heterocycles. The molecule has 0 saturated carbocycles. The molecule has 1 rings (SSSR count). The van der Waals surface area contributed by atoms with E-state index in [2.05, 4.69) is 35.6 Å². The highest BCUT2D eigenvalue weighted by atomic mass is 15.1. The zero-order valence-electron chi connectivity index (χ0n) is 9.90. The third kappa shape index (κ3) is 3.04. The van der Waals surface area contributed by atoms with E-state index in [1.165, 1.54) is 5.69 Å². The van der Waals surface area contributed by atoms with Gasteiger partial charge in [0.1, 0.15) is 0 Å². The second-order valence-corrected chi connectivity index (χ2v) is 3.87. The van der Waals surface area contributed by atoms with E-state index >= 15 is 0 Å². The second kappa shape index (κ2) is 5.88. The van der Waals surface area contributed by atoms with E-state index in [-0.39, 0.29) is 6.04 Å². The number of imidazole rings is 1. The quantitative estimate of drug-likeness (QED) is 0.744. The molecule has 0 spiro atoms. The fourth-order valence-corrected chi connectivity index (χ4v) is 1.62. The fraction of sp³-hybridized carbons (Fsp3) is 0.727. The topological polar surface area (TPSA) is 55.9 Å². The predicted octanol–water partition coefficient (Wildman–Crippen LogP) is 1.29. The largest absolute Gasteiger partial charge is 0.333 e. The molecule has 0 fully saturated rings. The van der Waals surface area contributed by atoms with Gasteiger partial charge in [0.2, 0.25) is 0 Å². The van der Waals surface area contributed by atoms with E-state index in [9.17, 15) is 0 Å². The van der Waals surface area contributed by atoms with Gasteiger partial charge in [0, 0.05) is 25.3 Å². The van der Waals surface area contributed by atoms with Crippen LogP contribution in [0.4, 0.5) is 0 Å². The van der Waals surface area contributed by atoms with E-state index in [1.54, 1.807) is 0 Å². The van der Waals surface area contributed by atoms with Crippen LogP contribution in [0.25, 0.3) is 0 Å². The van der Waals surface area contributed by atoms with Gasteiger partial charge >= 0.3 is 0 Å². The van der Waals surface area contributed by atoms with Crippen molar-refractivity contribution in [2.45, 2.75) is 45.8 Å². The molecule has 0 radical (unpaired) electrons. The molecule has 15 heavy (non-hydrogen) atoms. The molecule has 2 unspecified atom stereocenters. The molecule has 3 N–H and O–H groups in total. The van der Waals surface area contributed by atoms with Crippen LogP contribution in [0, 0.1) is 0 Å². The third-order valence-electron chi connectivity index (χ3n) is 2.78. The van der Waals surface area contributed by atoms with E-state index in [4.69, 9.17) is 5.73 Å². The lowest BCUT2D eigenvalue weighted by atomic mass is 10.1. The number of aromatic nitrogens is 2. The summed E-state index contributed by atoms with van der Waals surface area (Å²) in [6.45, 7) is 8.00. The molecule has 0 bridgehead atoms. The molecular formula is C11H22N4. The molecule has 1 aromatic heterocycles. The molecule has 1 heterocycles. The molecular weight excluding hydrogens is 188 g/mol. The van der Waals surface area contributed by atoms with Gasteiger partial charge in [-0.05, 0) is 20.3 Å². The van der Waals surface area contributed by atoms with Crippen LogP contribution in [-0.2, 0) is 6.54 Å². The summed E-state index contributed by atoms with van der Waals surface area (Å²) in [5.41, 5.74) is 6.97. The summed E-state index contributed by atoms with van der Waals surface area (Å²) in [5, 5.41) is 3.51. The molecule has 0 aliphatic rings. The number of aryl methyl sites for hydroxylation is 1. The number of nitrogens with zero attached hydrogens (tertiary/aromatic N) is 2. The van der Waals surface area contributed by atoms with E-state index in [0.29, 0.717) is 12.6 Å². The number of hydrogen-bond donors (Lipinski definition) is 2. The van der Waals surface area contributed by atoms with Gasteiger partial charge in [0.05, 0.1) is 18.1 Å².